The highest BCUT2D eigenvalue weighted by Gasteiger charge is 2.18. The van der Waals surface area contributed by atoms with Gasteiger partial charge in [0.1, 0.15) is 5.82 Å². The third-order valence-electron chi connectivity index (χ3n) is 2.73. The van der Waals surface area contributed by atoms with Gasteiger partial charge in [0.05, 0.1) is 19.0 Å². The van der Waals surface area contributed by atoms with Gasteiger partial charge in [-0.25, -0.2) is 12.8 Å². The van der Waals surface area contributed by atoms with Gasteiger partial charge in [-0.2, -0.15) is 0 Å². The molecule has 0 unspecified atom stereocenters. The van der Waals surface area contributed by atoms with Gasteiger partial charge < -0.3 is 9.64 Å². The van der Waals surface area contributed by atoms with Gasteiger partial charge in [-0.15, -0.1) is 0 Å². The summed E-state index contributed by atoms with van der Waals surface area (Å²) in [5.74, 6) is -0.700. The highest BCUT2D eigenvalue weighted by molar-refractivity contribution is 8.13. The topological polar surface area (TPSA) is 46.6 Å². The molecule has 0 amide bonds. The van der Waals surface area contributed by atoms with E-state index in [-0.39, 0.29) is 5.75 Å². The third-order valence-corrected chi connectivity index (χ3v) is 3.71. The van der Waals surface area contributed by atoms with Crippen molar-refractivity contribution in [1.29, 1.82) is 0 Å². The van der Waals surface area contributed by atoms with Crippen LogP contribution in [0.5, 0.6) is 0 Å². The third kappa shape index (κ3) is 3.57. The lowest BCUT2D eigenvalue weighted by Crippen LogP contribution is -2.37. The van der Waals surface area contributed by atoms with Crippen LogP contribution in [-0.2, 0) is 19.5 Å². The van der Waals surface area contributed by atoms with E-state index in [0.29, 0.717) is 37.6 Å². The molecule has 18 heavy (non-hydrogen) atoms. The van der Waals surface area contributed by atoms with Crippen molar-refractivity contribution in [2.24, 2.45) is 0 Å². The van der Waals surface area contributed by atoms with Crippen LogP contribution in [0.2, 0.25) is 0 Å². The molecule has 0 aliphatic carbocycles. The Morgan fingerprint density at radius 1 is 1.33 bits per heavy atom. The Balaban J connectivity index is 2.33. The van der Waals surface area contributed by atoms with Crippen LogP contribution in [-0.4, -0.2) is 34.7 Å². The van der Waals surface area contributed by atoms with Gasteiger partial charge in [0.25, 0.3) is 0 Å². The first-order valence-corrected chi connectivity index (χ1v) is 7.97. The smallest absolute Gasteiger partial charge is 0.236 e. The van der Waals surface area contributed by atoms with Crippen molar-refractivity contribution in [1.82, 2.24) is 0 Å². The van der Waals surface area contributed by atoms with Crippen LogP contribution < -0.4 is 4.90 Å². The van der Waals surface area contributed by atoms with E-state index in [2.05, 4.69) is 0 Å². The molecule has 1 heterocycles. The fourth-order valence-corrected chi connectivity index (χ4v) is 2.91. The zero-order valence-corrected chi connectivity index (χ0v) is 11.2. The molecule has 1 aliphatic rings. The minimum atomic E-state index is -3.66. The van der Waals surface area contributed by atoms with Crippen LogP contribution in [0.4, 0.5) is 10.1 Å². The predicted octanol–water partition coefficient (Wildman–Crippen LogP) is 1.73. The Kier molecular flexibility index (Phi) is 4.09. The summed E-state index contributed by atoms with van der Waals surface area (Å²) in [5, 5.41) is 0. The summed E-state index contributed by atoms with van der Waals surface area (Å²) in [4.78, 5) is 1.91. The lowest BCUT2D eigenvalue weighted by atomic mass is 10.1. The normalized spacial score (nSPS) is 16.9. The Hall–Kier alpha value is -0.850. The summed E-state index contributed by atoms with van der Waals surface area (Å²) in [5.41, 5.74) is 1.08. The van der Waals surface area contributed by atoms with Crippen molar-refractivity contribution in [3.05, 3.63) is 29.6 Å². The number of benzene rings is 1. The molecule has 0 aromatic heterocycles. The second kappa shape index (κ2) is 5.42. The summed E-state index contributed by atoms with van der Waals surface area (Å²) < 4.78 is 40.8. The molecule has 2 rings (SSSR count). The Bertz CT molecular complexity index is 529. The first-order valence-electron chi connectivity index (χ1n) is 5.49. The van der Waals surface area contributed by atoms with Crippen molar-refractivity contribution in [3.8, 4) is 0 Å². The predicted molar refractivity (Wildman–Crippen MR) is 67.9 cm³/mol. The monoisotopic (exact) mass is 293 g/mol. The largest absolute Gasteiger partial charge is 0.378 e. The van der Waals surface area contributed by atoms with E-state index in [1.54, 1.807) is 0 Å². The van der Waals surface area contributed by atoms with E-state index in [1.807, 2.05) is 4.90 Å². The number of halogens is 2. The number of hydrogen-bond donors (Lipinski definition) is 0. The highest BCUT2D eigenvalue weighted by atomic mass is 35.7. The molecule has 0 spiro atoms. The molecule has 4 nitrogen and oxygen atoms in total. The van der Waals surface area contributed by atoms with E-state index in [0.717, 1.165) is 0 Å². The van der Waals surface area contributed by atoms with Crippen LogP contribution in [0, 0.1) is 5.82 Å². The highest BCUT2D eigenvalue weighted by Crippen LogP contribution is 2.25. The van der Waals surface area contributed by atoms with Crippen molar-refractivity contribution in [2.75, 3.05) is 31.2 Å². The standard InChI is InChI=1S/C11H13ClFNO3S/c12-18(15,16)8-9-1-2-10(13)7-11(9)14-3-5-17-6-4-14/h1-2,7H,3-6,8H2. The lowest BCUT2D eigenvalue weighted by Gasteiger charge is -2.30. The number of anilines is 1. The molecule has 0 N–H and O–H groups in total. The van der Waals surface area contributed by atoms with Gasteiger partial charge in [0.15, 0.2) is 0 Å². The van der Waals surface area contributed by atoms with Crippen LogP contribution in [0.15, 0.2) is 18.2 Å². The molecular formula is C11H13ClFNO3S. The number of hydrogen-bond acceptors (Lipinski definition) is 4. The van der Waals surface area contributed by atoms with Crippen LogP contribution in [0.1, 0.15) is 5.56 Å². The second-order valence-corrected chi connectivity index (χ2v) is 6.83. The molecule has 1 aromatic rings. The zero-order valence-electron chi connectivity index (χ0n) is 9.60. The quantitative estimate of drug-likeness (QED) is 0.796. The molecule has 1 aliphatic heterocycles. The number of morpholine rings is 1. The van der Waals surface area contributed by atoms with E-state index in [1.165, 1.54) is 18.2 Å². The molecule has 7 heteroatoms. The van der Waals surface area contributed by atoms with Gasteiger partial charge in [-0.05, 0) is 17.7 Å². The van der Waals surface area contributed by atoms with Gasteiger partial charge in [0.2, 0.25) is 9.05 Å². The van der Waals surface area contributed by atoms with Gasteiger partial charge >= 0.3 is 0 Å². The summed E-state index contributed by atoms with van der Waals surface area (Å²) in [6.45, 7) is 2.31. The first-order chi connectivity index (χ1) is 8.46. The maximum absolute atomic E-state index is 13.3. The van der Waals surface area contributed by atoms with E-state index >= 15 is 0 Å². The van der Waals surface area contributed by atoms with Crippen molar-refractivity contribution >= 4 is 25.4 Å². The molecule has 0 saturated carbocycles. The van der Waals surface area contributed by atoms with Crippen molar-refractivity contribution in [2.45, 2.75) is 5.75 Å². The van der Waals surface area contributed by atoms with Crippen LogP contribution >= 0.6 is 10.7 Å². The van der Waals surface area contributed by atoms with Gasteiger partial charge in [-0.3, -0.25) is 0 Å². The molecule has 0 bridgehead atoms. The molecular weight excluding hydrogens is 281 g/mol. The van der Waals surface area contributed by atoms with Crippen molar-refractivity contribution in [3.63, 3.8) is 0 Å². The van der Waals surface area contributed by atoms with E-state index in [9.17, 15) is 12.8 Å². The summed E-state index contributed by atoms with van der Waals surface area (Å²) in [6, 6.07) is 4.03. The van der Waals surface area contributed by atoms with E-state index < -0.39 is 14.9 Å². The van der Waals surface area contributed by atoms with Gasteiger partial charge in [-0.1, -0.05) is 6.07 Å². The van der Waals surface area contributed by atoms with Crippen LogP contribution in [0.3, 0.4) is 0 Å². The van der Waals surface area contributed by atoms with Gasteiger partial charge in [0, 0.05) is 29.5 Å². The summed E-state index contributed by atoms with van der Waals surface area (Å²) in [7, 11) is 1.59. The number of ether oxygens (including phenoxy) is 1. The van der Waals surface area contributed by atoms with E-state index in [4.69, 9.17) is 15.4 Å². The summed E-state index contributed by atoms with van der Waals surface area (Å²) in [6.07, 6.45) is 0. The first kappa shape index (κ1) is 13.6. The molecule has 0 atom stereocenters. The fourth-order valence-electron chi connectivity index (χ4n) is 1.94. The lowest BCUT2D eigenvalue weighted by molar-refractivity contribution is 0.122. The van der Waals surface area contributed by atoms with Crippen LogP contribution in [0.25, 0.3) is 0 Å². The number of nitrogens with zero attached hydrogens (tertiary/aromatic N) is 1. The Morgan fingerprint density at radius 2 is 2.00 bits per heavy atom. The second-order valence-electron chi connectivity index (χ2n) is 4.06. The average Bonchev–Trinajstić information content (AvgIpc) is 2.31. The molecule has 1 aromatic carbocycles. The molecule has 100 valence electrons. The minimum Gasteiger partial charge on any atom is -0.378 e. The maximum Gasteiger partial charge on any atom is 0.236 e. The van der Waals surface area contributed by atoms with Crippen molar-refractivity contribution < 1.29 is 17.5 Å². The zero-order chi connectivity index (χ0) is 13.2. The molecule has 0 radical (unpaired) electrons. The average molecular weight is 294 g/mol. The fraction of sp³-hybridized carbons (Fsp3) is 0.455. The maximum atomic E-state index is 13.3. The molecule has 1 saturated heterocycles. The summed E-state index contributed by atoms with van der Waals surface area (Å²) >= 11 is 0. The SMILES string of the molecule is O=S(=O)(Cl)Cc1ccc(F)cc1N1CCOCC1. The minimum absolute atomic E-state index is 0.304. The Morgan fingerprint density at radius 3 is 2.61 bits per heavy atom. The Labute approximate surface area is 110 Å². The number of rotatable bonds is 3. The molecule has 1 fully saturated rings.